The predicted octanol–water partition coefficient (Wildman–Crippen LogP) is 4.24. The Balaban J connectivity index is 1.77. The second-order valence-electron chi connectivity index (χ2n) is 7.79. The van der Waals surface area contributed by atoms with Crippen LogP contribution in [-0.4, -0.2) is 41.2 Å². The summed E-state index contributed by atoms with van der Waals surface area (Å²) in [7, 11) is 0. The molecule has 1 aromatic rings. The average Bonchev–Trinajstić information content (AvgIpc) is 2.57. The summed E-state index contributed by atoms with van der Waals surface area (Å²) in [4.78, 5) is 27.0. The molecule has 6 heteroatoms. The first kappa shape index (κ1) is 18.5. The van der Waals surface area contributed by atoms with Gasteiger partial charge in [-0.1, -0.05) is 11.6 Å². The fourth-order valence-corrected chi connectivity index (χ4v) is 3.77. The molecular weight excluding hydrogens is 361 g/mol. The van der Waals surface area contributed by atoms with E-state index in [-0.39, 0.29) is 17.6 Å². The van der Waals surface area contributed by atoms with E-state index in [4.69, 9.17) is 27.9 Å². The monoisotopic (exact) mass is 383 g/mol. The van der Waals surface area contributed by atoms with Gasteiger partial charge >= 0.3 is 0 Å². The van der Waals surface area contributed by atoms with Crippen molar-refractivity contribution in [3.8, 4) is 5.75 Å². The van der Waals surface area contributed by atoms with Crippen molar-refractivity contribution in [2.45, 2.75) is 45.6 Å². The molecule has 2 aliphatic rings. The molecule has 1 spiro atoms. The van der Waals surface area contributed by atoms with Crippen LogP contribution in [0.1, 0.15) is 49.0 Å². The molecule has 2 heterocycles. The molecule has 0 N–H and O–H groups in total. The summed E-state index contributed by atoms with van der Waals surface area (Å²) in [6.45, 7) is 6.77. The van der Waals surface area contributed by atoms with Gasteiger partial charge in [0, 0.05) is 36.8 Å². The van der Waals surface area contributed by atoms with Crippen LogP contribution in [0.15, 0.2) is 12.1 Å². The van der Waals surface area contributed by atoms with E-state index in [0.29, 0.717) is 48.7 Å². The molecule has 0 unspecified atom stereocenters. The van der Waals surface area contributed by atoms with Gasteiger partial charge in [-0.3, -0.25) is 9.59 Å². The first-order valence-corrected chi connectivity index (χ1v) is 9.46. The second kappa shape index (κ2) is 6.48. The second-order valence-corrected chi connectivity index (χ2v) is 8.47. The molecule has 25 heavy (non-hydrogen) atoms. The van der Waals surface area contributed by atoms with Gasteiger partial charge in [0.1, 0.15) is 11.4 Å². The molecule has 0 aromatic heterocycles. The van der Waals surface area contributed by atoms with Gasteiger partial charge in [0.15, 0.2) is 5.78 Å². The van der Waals surface area contributed by atoms with Crippen molar-refractivity contribution in [2.75, 3.05) is 19.0 Å². The number of alkyl halides is 1. The number of benzene rings is 1. The number of hydrogen-bond acceptors (Lipinski definition) is 3. The minimum atomic E-state index is -0.574. The fraction of sp³-hybridized carbons (Fsp3) is 0.579. The third-order valence-electron chi connectivity index (χ3n) is 5.25. The summed E-state index contributed by atoms with van der Waals surface area (Å²) < 4.78 is 6.26. The summed E-state index contributed by atoms with van der Waals surface area (Å²) in [5.41, 5.74) is 0.354. The van der Waals surface area contributed by atoms with Gasteiger partial charge in [0.25, 0.3) is 0 Å². The Morgan fingerprint density at radius 3 is 2.56 bits per heavy atom. The van der Waals surface area contributed by atoms with Crippen LogP contribution in [-0.2, 0) is 4.79 Å². The number of carbonyl (C=O) groups is 2. The van der Waals surface area contributed by atoms with Crippen LogP contribution in [0.5, 0.6) is 5.75 Å². The van der Waals surface area contributed by atoms with Crippen LogP contribution in [0.4, 0.5) is 0 Å². The van der Waals surface area contributed by atoms with Crippen LogP contribution in [0.25, 0.3) is 0 Å². The quantitative estimate of drug-likeness (QED) is 0.717. The Bertz CT molecular complexity index is 722. The van der Waals surface area contributed by atoms with E-state index in [2.05, 4.69) is 0 Å². The molecule has 1 amide bonds. The van der Waals surface area contributed by atoms with Crippen molar-refractivity contribution < 1.29 is 14.3 Å². The Labute approximate surface area is 158 Å². The number of piperidine rings is 1. The number of rotatable bonds is 2. The molecule has 0 bridgehead atoms. The Kier molecular flexibility index (Phi) is 4.80. The van der Waals surface area contributed by atoms with Crippen LogP contribution in [0.3, 0.4) is 0 Å². The van der Waals surface area contributed by atoms with Gasteiger partial charge in [-0.15, -0.1) is 11.6 Å². The molecule has 2 aliphatic heterocycles. The lowest BCUT2D eigenvalue weighted by molar-refractivity contribution is -0.142. The van der Waals surface area contributed by atoms with Crippen LogP contribution in [0.2, 0.25) is 5.02 Å². The van der Waals surface area contributed by atoms with Crippen molar-refractivity contribution in [3.05, 3.63) is 28.3 Å². The van der Waals surface area contributed by atoms with Crippen molar-refractivity contribution >= 4 is 34.9 Å². The predicted molar refractivity (Wildman–Crippen MR) is 98.8 cm³/mol. The molecule has 0 radical (unpaired) electrons. The lowest BCUT2D eigenvalue weighted by Crippen LogP contribution is -2.54. The Morgan fingerprint density at radius 2 is 1.96 bits per heavy atom. The number of Topliss-reactive ketones (excluding diaryl/α,β-unsaturated/α-hetero) is 1. The maximum atomic E-state index is 12.6. The highest BCUT2D eigenvalue weighted by atomic mass is 35.5. The molecule has 1 aromatic carbocycles. The first-order valence-electron chi connectivity index (χ1n) is 8.55. The molecule has 3 rings (SSSR count). The van der Waals surface area contributed by atoms with Gasteiger partial charge in [0.2, 0.25) is 5.91 Å². The standard InChI is InChI=1S/C19H23Cl2NO3/c1-12-8-16-13(9-14(12)21)15(23)10-19(25-16)4-6-22(7-5-19)17(24)18(2,3)11-20/h8-9H,4-7,10-11H2,1-3H3. The number of fused-ring (bicyclic) bond motifs is 1. The molecule has 136 valence electrons. The number of halogens is 2. The maximum absolute atomic E-state index is 12.6. The smallest absolute Gasteiger partial charge is 0.229 e. The van der Waals surface area contributed by atoms with Crippen molar-refractivity contribution in [2.24, 2.45) is 5.41 Å². The molecule has 0 aliphatic carbocycles. The third-order valence-corrected chi connectivity index (χ3v) is 6.32. The zero-order valence-corrected chi connectivity index (χ0v) is 16.3. The van der Waals surface area contributed by atoms with Gasteiger partial charge in [0.05, 0.1) is 17.4 Å². The number of amides is 1. The molecular formula is C19H23Cl2NO3. The van der Waals surface area contributed by atoms with E-state index < -0.39 is 11.0 Å². The molecule has 1 fully saturated rings. The SMILES string of the molecule is Cc1cc2c(cc1Cl)C(=O)CC1(CCN(C(=O)C(C)(C)CCl)CC1)O2. The molecule has 4 nitrogen and oxygen atoms in total. The van der Waals surface area contributed by atoms with Gasteiger partial charge in [-0.05, 0) is 38.5 Å². The normalized spacial score (nSPS) is 19.6. The highest BCUT2D eigenvalue weighted by Crippen LogP contribution is 2.41. The lowest BCUT2D eigenvalue weighted by atomic mass is 9.81. The number of nitrogens with zero attached hydrogens (tertiary/aromatic N) is 1. The van der Waals surface area contributed by atoms with Gasteiger partial charge in [-0.25, -0.2) is 0 Å². The van der Waals surface area contributed by atoms with E-state index in [9.17, 15) is 9.59 Å². The Morgan fingerprint density at radius 1 is 1.32 bits per heavy atom. The van der Waals surface area contributed by atoms with Crippen LogP contribution in [0, 0.1) is 12.3 Å². The van der Waals surface area contributed by atoms with Crippen LogP contribution < -0.4 is 4.74 Å². The summed E-state index contributed by atoms with van der Waals surface area (Å²) in [5, 5.41) is 0.579. The average molecular weight is 384 g/mol. The first-order chi connectivity index (χ1) is 11.7. The van der Waals surface area contributed by atoms with Crippen molar-refractivity contribution in [3.63, 3.8) is 0 Å². The fourth-order valence-electron chi connectivity index (χ4n) is 3.50. The van der Waals surface area contributed by atoms with Crippen molar-refractivity contribution in [1.29, 1.82) is 0 Å². The molecule has 0 atom stereocenters. The zero-order chi connectivity index (χ0) is 18.4. The maximum Gasteiger partial charge on any atom is 0.229 e. The Hall–Kier alpha value is -1.26. The summed E-state index contributed by atoms with van der Waals surface area (Å²) >= 11 is 12.1. The minimum absolute atomic E-state index is 0.0579. The number of likely N-dealkylation sites (tertiary alicyclic amines) is 1. The highest BCUT2D eigenvalue weighted by molar-refractivity contribution is 6.31. The van der Waals surface area contributed by atoms with E-state index in [0.717, 1.165) is 5.56 Å². The zero-order valence-electron chi connectivity index (χ0n) is 14.8. The number of aryl methyl sites for hydroxylation is 1. The van der Waals surface area contributed by atoms with E-state index in [1.807, 2.05) is 31.7 Å². The number of hydrogen-bond donors (Lipinski definition) is 0. The number of ketones is 1. The molecule has 0 saturated carbocycles. The molecule has 1 saturated heterocycles. The number of carbonyl (C=O) groups excluding carboxylic acids is 2. The summed E-state index contributed by atoms with van der Waals surface area (Å²) in [6.07, 6.45) is 1.62. The van der Waals surface area contributed by atoms with E-state index >= 15 is 0 Å². The van der Waals surface area contributed by atoms with Crippen LogP contribution >= 0.6 is 23.2 Å². The summed E-state index contributed by atoms with van der Waals surface area (Å²) in [5.74, 6) is 1.01. The topological polar surface area (TPSA) is 46.6 Å². The largest absolute Gasteiger partial charge is 0.486 e. The lowest BCUT2D eigenvalue weighted by Gasteiger charge is -2.45. The van der Waals surface area contributed by atoms with E-state index in [1.165, 1.54) is 0 Å². The van der Waals surface area contributed by atoms with Gasteiger partial charge in [-0.2, -0.15) is 0 Å². The highest BCUT2D eigenvalue weighted by Gasteiger charge is 2.45. The van der Waals surface area contributed by atoms with Crippen molar-refractivity contribution in [1.82, 2.24) is 4.90 Å². The number of ether oxygens (including phenoxy) is 1. The van der Waals surface area contributed by atoms with Gasteiger partial charge < -0.3 is 9.64 Å². The third kappa shape index (κ3) is 3.39. The summed E-state index contributed by atoms with van der Waals surface area (Å²) in [6, 6.07) is 3.54. The van der Waals surface area contributed by atoms with E-state index in [1.54, 1.807) is 6.07 Å². The minimum Gasteiger partial charge on any atom is -0.486 e.